The Morgan fingerprint density at radius 3 is 2.19 bits per heavy atom. The molecule has 0 aliphatic heterocycles. The van der Waals surface area contributed by atoms with Gasteiger partial charge in [-0.05, 0) is 47.5 Å². The number of nitrogens with one attached hydrogen (secondary N) is 1. The van der Waals surface area contributed by atoms with Crippen LogP contribution in [0.1, 0.15) is 5.56 Å². The molecule has 0 fully saturated rings. The first-order chi connectivity index (χ1) is 17.6. The smallest absolute Gasteiger partial charge is 0.317 e. The van der Waals surface area contributed by atoms with Crippen molar-refractivity contribution < 1.29 is 19.4 Å². The summed E-state index contributed by atoms with van der Waals surface area (Å²) < 4.78 is 11.0. The molecule has 0 aliphatic rings. The summed E-state index contributed by atoms with van der Waals surface area (Å²) in [5, 5.41) is 12.4. The Labute approximate surface area is 210 Å². The van der Waals surface area contributed by atoms with E-state index in [2.05, 4.69) is 15.3 Å². The minimum absolute atomic E-state index is 0.0433. The molecular weight excluding hydrogens is 456 g/mol. The third-order valence-electron chi connectivity index (χ3n) is 5.47. The predicted molar refractivity (Wildman–Crippen MR) is 139 cm³/mol. The highest BCUT2D eigenvalue weighted by molar-refractivity contribution is 5.69. The topological polar surface area (TPSA) is 96.8 Å². The van der Waals surface area contributed by atoms with E-state index >= 15 is 0 Å². The number of hydrogen-bond acceptors (Lipinski definition) is 7. The van der Waals surface area contributed by atoms with E-state index in [9.17, 15) is 9.90 Å². The number of methoxy groups -OCH3 is 1. The largest absolute Gasteiger partial charge is 0.497 e. The number of carbonyl (C=O) groups is 1. The van der Waals surface area contributed by atoms with Crippen molar-refractivity contribution in [1.82, 2.24) is 14.9 Å². The standard InChI is InChI=1S/C28H28N4O4/c1-35-25-11-7-22(8-12-25)23-17-29-28(30-18-23)31-24-9-13-26(14-10-24)36-16-15-32(20-27(33)34)19-21-5-3-2-4-6-21/h2-14,17-18H,15-16,19-20H2,1H3,(H,33,34)(H,29,30,31). The molecular formula is C28H28N4O4. The average Bonchev–Trinajstić information content (AvgIpc) is 2.90. The van der Waals surface area contributed by atoms with Gasteiger partial charge in [0.1, 0.15) is 18.1 Å². The number of benzene rings is 3. The summed E-state index contributed by atoms with van der Waals surface area (Å²) in [5.41, 5.74) is 3.82. The van der Waals surface area contributed by atoms with Gasteiger partial charge in [-0.2, -0.15) is 0 Å². The number of carboxylic acids is 1. The summed E-state index contributed by atoms with van der Waals surface area (Å²) in [4.78, 5) is 21.9. The van der Waals surface area contributed by atoms with Crippen LogP contribution in [-0.4, -0.2) is 52.7 Å². The summed E-state index contributed by atoms with van der Waals surface area (Å²) in [7, 11) is 1.64. The fourth-order valence-electron chi connectivity index (χ4n) is 3.63. The zero-order valence-corrected chi connectivity index (χ0v) is 20.0. The Bertz CT molecular complexity index is 1230. The van der Waals surface area contributed by atoms with Crippen molar-refractivity contribution in [2.24, 2.45) is 0 Å². The van der Waals surface area contributed by atoms with Crippen LogP contribution in [-0.2, 0) is 11.3 Å². The Morgan fingerprint density at radius 2 is 1.56 bits per heavy atom. The Balaban J connectivity index is 1.28. The van der Waals surface area contributed by atoms with Crippen LogP contribution in [0.25, 0.3) is 11.1 Å². The van der Waals surface area contributed by atoms with E-state index < -0.39 is 5.97 Å². The van der Waals surface area contributed by atoms with E-state index in [-0.39, 0.29) is 6.54 Å². The van der Waals surface area contributed by atoms with E-state index in [1.165, 1.54) is 0 Å². The average molecular weight is 485 g/mol. The number of aromatic nitrogens is 2. The van der Waals surface area contributed by atoms with Crippen LogP contribution in [0.15, 0.2) is 91.3 Å². The van der Waals surface area contributed by atoms with Gasteiger partial charge in [0, 0.05) is 36.7 Å². The second-order valence-corrected chi connectivity index (χ2v) is 8.11. The summed E-state index contributed by atoms with van der Waals surface area (Å²) >= 11 is 0. The van der Waals surface area contributed by atoms with Crippen molar-refractivity contribution in [1.29, 1.82) is 0 Å². The fraction of sp³-hybridized carbons (Fsp3) is 0.179. The molecule has 2 N–H and O–H groups in total. The monoisotopic (exact) mass is 484 g/mol. The SMILES string of the molecule is COc1ccc(-c2cnc(Nc3ccc(OCCN(CC(=O)O)Cc4ccccc4)cc3)nc2)cc1. The van der Waals surface area contributed by atoms with Gasteiger partial charge in [-0.3, -0.25) is 9.69 Å². The summed E-state index contributed by atoms with van der Waals surface area (Å²) in [6.45, 7) is 1.38. The minimum atomic E-state index is -0.861. The predicted octanol–water partition coefficient (Wildman–Crippen LogP) is 4.86. The number of anilines is 2. The van der Waals surface area contributed by atoms with Crippen molar-refractivity contribution in [2.75, 3.05) is 32.1 Å². The first-order valence-corrected chi connectivity index (χ1v) is 11.5. The minimum Gasteiger partial charge on any atom is -0.497 e. The molecule has 4 aromatic rings. The van der Waals surface area contributed by atoms with Crippen LogP contribution in [0.3, 0.4) is 0 Å². The van der Waals surface area contributed by atoms with Crippen LogP contribution >= 0.6 is 0 Å². The normalized spacial score (nSPS) is 10.7. The number of nitrogens with zero attached hydrogens (tertiary/aromatic N) is 3. The molecule has 1 aromatic heterocycles. The molecule has 8 nitrogen and oxygen atoms in total. The van der Waals surface area contributed by atoms with Gasteiger partial charge in [0.25, 0.3) is 0 Å². The lowest BCUT2D eigenvalue weighted by molar-refractivity contribution is -0.138. The van der Waals surface area contributed by atoms with Crippen LogP contribution in [0, 0.1) is 0 Å². The maximum atomic E-state index is 11.2. The van der Waals surface area contributed by atoms with Gasteiger partial charge in [0.2, 0.25) is 5.95 Å². The zero-order valence-electron chi connectivity index (χ0n) is 20.0. The van der Waals surface area contributed by atoms with Gasteiger partial charge in [-0.15, -0.1) is 0 Å². The number of ether oxygens (including phenoxy) is 2. The van der Waals surface area contributed by atoms with E-state index in [0.29, 0.717) is 31.4 Å². The van der Waals surface area contributed by atoms with E-state index in [1.54, 1.807) is 19.5 Å². The van der Waals surface area contributed by atoms with Crippen molar-refractivity contribution in [3.05, 3.63) is 96.8 Å². The summed E-state index contributed by atoms with van der Waals surface area (Å²) in [6.07, 6.45) is 3.54. The van der Waals surface area contributed by atoms with Crippen molar-refractivity contribution in [3.63, 3.8) is 0 Å². The van der Waals surface area contributed by atoms with Gasteiger partial charge in [-0.25, -0.2) is 9.97 Å². The van der Waals surface area contributed by atoms with Crippen molar-refractivity contribution in [3.8, 4) is 22.6 Å². The summed E-state index contributed by atoms with van der Waals surface area (Å²) in [6, 6.07) is 25.0. The third kappa shape index (κ3) is 7.28. The van der Waals surface area contributed by atoms with Gasteiger partial charge in [0.05, 0.1) is 13.7 Å². The lowest BCUT2D eigenvalue weighted by Gasteiger charge is -2.20. The molecule has 0 saturated carbocycles. The highest BCUT2D eigenvalue weighted by Crippen LogP contribution is 2.23. The second-order valence-electron chi connectivity index (χ2n) is 8.11. The Hall–Kier alpha value is -4.43. The number of carboxylic acid groups (broad SMARTS) is 1. The van der Waals surface area contributed by atoms with Gasteiger partial charge in [0.15, 0.2) is 0 Å². The molecule has 3 aromatic carbocycles. The third-order valence-corrected chi connectivity index (χ3v) is 5.47. The molecule has 0 amide bonds. The number of rotatable bonds is 12. The van der Waals surface area contributed by atoms with Gasteiger partial charge >= 0.3 is 5.97 Å². The highest BCUT2D eigenvalue weighted by Gasteiger charge is 2.11. The van der Waals surface area contributed by atoms with E-state index in [4.69, 9.17) is 9.47 Å². The number of aliphatic carboxylic acids is 1. The van der Waals surface area contributed by atoms with Gasteiger partial charge in [-0.1, -0.05) is 42.5 Å². The molecule has 0 radical (unpaired) electrons. The van der Waals surface area contributed by atoms with Crippen molar-refractivity contribution >= 4 is 17.6 Å². The number of hydrogen-bond donors (Lipinski definition) is 2. The van der Waals surface area contributed by atoms with Crippen molar-refractivity contribution in [2.45, 2.75) is 6.54 Å². The van der Waals surface area contributed by atoms with Crippen LogP contribution in [0.2, 0.25) is 0 Å². The highest BCUT2D eigenvalue weighted by atomic mass is 16.5. The fourth-order valence-corrected chi connectivity index (χ4v) is 3.63. The Morgan fingerprint density at radius 1 is 0.889 bits per heavy atom. The molecule has 1 heterocycles. The first kappa shape index (κ1) is 24.7. The molecule has 0 unspecified atom stereocenters. The lowest BCUT2D eigenvalue weighted by atomic mass is 10.1. The maximum Gasteiger partial charge on any atom is 0.317 e. The molecule has 8 heteroatoms. The van der Waals surface area contributed by atoms with Gasteiger partial charge < -0.3 is 19.9 Å². The van der Waals surface area contributed by atoms with Crippen LogP contribution in [0.4, 0.5) is 11.6 Å². The quantitative estimate of drug-likeness (QED) is 0.294. The molecule has 0 saturated heterocycles. The molecule has 4 rings (SSSR count). The molecule has 0 atom stereocenters. The van der Waals surface area contributed by atoms with Crippen LogP contribution < -0.4 is 14.8 Å². The zero-order chi connectivity index (χ0) is 25.2. The second kappa shape index (κ2) is 12.3. The Kier molecular flexibility index (Phi) is 8.45. The molecule has 0 aliphatic carbocycles. The first-order valence-electron chi connectivity index (χ1n) is 11.5. The molecule has 0 spiro atoms. The van der Waals surface area contributed by atoms with E-state index in [0.717, 1.165) is 28.1 Å². The maximum absolute atomic E-state index is 11.2. The molecule has 36 heavy (non-hydrogen) atoms. The van der Waals surface area contributed by atoms with Crippen LogP contribution in [0.5, 0.6) is 11.5 Å². The summed E-state index contributed by atoms with van der Waals surface area (Å²) in [5.74, 6) is 1.13. The molecule has 184 valence electrons. The molecule has 0 bridgehead atoms. The lowest BCUT2D eigenvalue weighted by Crippen LogP contribution is -2.33. The van der Waals surface area contributed by atoms with E-state index in [1.807, 2.05) is 83.8 Å².